The molecule has 2 rings (SSSR count). The van der Waals surface area contributed by atoms with Crippen molar-refractivity contribution >= 4 is 17.3 Å². The number of hydrogen-bond acceptors (Lipinski definition) is 6. The summed E-state index contributed by atoms with van der Waals surface area (Å²) in [6.45, 7) is 0. The maximum Gasteiger partial charge on any atom is 0.308 e. The van der Waals surface area contributed by atoms with Gasteiger partial charge in [-0.1, -0.05) is 0 Å². The van der Waals surface area contributed by atoms with E-state index in [4.69, 9.17) is 5.26 Å². The average Bonchev–Trinajstić information content (AvgIpc) is 2.41. The molecule has 104 valence electrons. The van der Waals surface area contributed by atoms with Crippen LogP contribution in [0.15, 0.2) is 18.2 Å². The number of nitriles is 1. The van der Waals surface area contributed by atoms with E-state index in [1.54, 1.807) is 0 Å². The number of ether oxygens (including phenoxy) is 1. The van der Waals surface area contributed by atoms with Gasteiger partial charge >= 0.3 is 5.97 Å². The molecule has 0 atom stereocenters. The first kappa shape index (κ1) is 13.8. The predicted octanol–water partition coefficient (Wildman–Crippen LogP) is 1.83. The van der Waals surface area contributed by atoms with Gasteiger partial charge in [-0.25, -0.2) is 0 Å². The van der Waals surface area contributed by atoms with Crippen molar-refractivity contribution in [1.82, 2.24) is 0 Å². The molecule has 0 saturated heterocycles. The number of esters is 1. The Balaban J connectivity index is 2.06. The minimum atomic E-state index is -0.528. The van der Waals surface area contributed by atoms with Crippen LogP contribution >= 0.6 is 0 Å². The van der Waals surface area contributed by atoms with E-state index < -0.39 is 4.92 Å². The van der Waals surface area contributed by atoms with Crippen LogP contribution in [-0.2, 0) is 9.53 Å². The average molecular weight is 275 g/mol. The maximum absolute atomic E-state index is 11.3. The lowest BCUT2D eigenvalue weighted by molar-refractivity contribution is -0.384. The van der Waals surface area contributed by atoms with Crippen molar-refractivity contribution in [3.63, 3.8) is 0 Å². The zero-order valence-corrected chi connectivity index (χ0v) is 10.8. The van der Waals surface area contributed by atoms with E-state index in [0.717, 1.165) is 0 Å². The summed E-state index contributed by atoms with van der Waals surface area (Å²) in [5.74, 6) is -0.396. The van der Waals surface area contributed by atoms with Gasteiger partial charge in [-0.15, -0.1) is 0 Å². The van der Waals surface area contributed by atoms with Gasteiger partial charge in [0.1, 0.15) is 5.69 Å². The molecule has 0 heterocycles. The number of nitrogens with one attached hydrogen (secondary N) is 1. The fraction of sp³-hybridized carbons (Fsp3) is 0.385. The standard InChI is InChI=1S/C13H13N3O4/c1-20-13(17)9-5-10(6-9)15-11-3-2-8(7-14)4-12(11)16(18)19/h2-4,9-10,15H,5-6H2,1H3. The molecule has 0 aromatic heterocycles. The molecule has 0 aliphatic heterocycles. The number of nitrogens with zero attached hydrogens (tertiary/aromatic N) is 2. The lowest BCUT2D eigenvalue weighted by atomic mass is 9.80. The molecule has 1 fully saturated rings. The number of carbonyl (C=O) groups is 1. The van der Waals surface area contributed by atoms with Crippen LogP contribution < -0.4 is 5.32 Å². The Morgan fingerprint density at radius 1 is 1.55 bits per heavy atom. The van der Waals surface area contributed by atoms with E-state index in [1.807, 2.05) is 6.07 Å². The summed E-state index contributed by atoms with van der Waals surface area (Å²) in [6.07, 6.45) is 1.17. The van der Waals surface area contributed by atoms with Crippen LogP contribution in [0.2, 0.25) is 0 Å². The molecule has 1 aromatic carbocycles. The number of carbonyl (C=O) groups excluding carboxylic acids is 1. The summed E-state index contributed by atoms with van der Waals surface area (Å²) in [5.41, 5.74) is 0.469. The molecule has 20 heavy (non-hydrogen) atoms. The van der Waals surface area contributed by atoms with Crippen molar-refractivity contribution in [2.75, 3.05) is 12.4 Å². The quantitative estimate of drug-likeness (QED) is 0.510. The van der Waals surface area contributed by atoms with Crippen LogP contribution in [0.3, 0.4) is 0 Å². The number of rotatable bonds is 4. The summed E-state index contributed by atoms with van der Waals surface area (Å²) < 4.78 is 4.63. The molecule has 0 unspecified atom stereocenters. The number of anilines is 1. The van der Waals surface area contributed by atoms with E-state index in [1.165, 1.54) is 25.3 Å². The number of methoxy groups -OCH3 is 1. The van der Waals surface area contributed by atoms with Crippen molar-refractivity contribution in [3.8, 4) is 6.07 Å². The van der Waals surface area contributed by atoms with Gasteiger partial charge < -0.3 is 10.1 Å². The first-order valence-corrected chi connectivity index (χ1v) is 6.08. The van der Waals surface area contributed by atoms with Gasteiger partial charge in [-0.2, -0.15) is 5.26 Å². The van der Waals surface area contributed by atoms with Crippen LogP contribution in [0.25, 0.3) is 0 Å². The molecule has 0 radical (unpaired) electrons. The molecule has 1 N–H and O–H groups in total. The third-order valence-electron chi connectivity index (χ3n) is 3.36. The minimum absolute atomic E-state index is 0.00531. The molecule has 7 heteroatoms. The number of nitro benzene ring substituents is 1. The summed E-state index contributed by atoms with van der Waals surface area (Å²) in [7, 11) is 1.34. The van der Waals surface area contributed by atoms with Crippen molar-refractivity contribution < 1.29 is 14.5 Å². The van der Waals surface area contributed by atoms with Gasteiger partial charge in [0, 0.05) is 12.1 Å². The SMILES string of the molecule is COC(=O)C1CC(Nc2ccc(C#N)cc2[N+](=O)[O-])C1. The largest absolute Gasteiger partial charge is 0.469 e. The Morgan fingerprint density at radius 3 is 2.80 bits per heavy atom. The van der Waals surface area contributed by atoms with E-state index >= 15 is 0 Å². The highest BCUT2D eigenvalue weighted by atomic mass is 16.6. The lowest BCUT2D eigenvalue weighted by Gasteiger charge is -2.34. The Kier molecular flexibility index (Phi) is 3.84. The first-order chi connectivity index (χ1) is 9.55. The summed E-state index contributed by atoms with van der Waals surface area (Å²) in [5, 5.41) is 22.8. The fourth-order valence-corrected chi connectivity index (χ4v) is 2.19. The molecule has 1 saturated carbocycles. The molecule has 0 bridgehead atoms. The van der Waals surface area contributed by atoms with Crippen molar-refractivity contribution in [2.45, 2.75) is 18.9 Å². The topological polar surface area (TPSA) is 105 Å². The highest BCUT2D eigenvalue weighted by Gasteiger charge is 2.36. The van der Waals surface area contributed by atoms with E-state index in [9.17, 15) is 14.9 Å². The van der Waals surface area contributed by atoms with E-state index in [2.05, 4.69) is 10.1 Å². The minimum Gasteiger partial charge on any atom is -0.469 e. The molecular weight excluding hydrogens is 262 g/mol. The van der Waals surface area contributed by atoms with Gasteiger partial charge in [-0.05, 0) is 25.0 Å². The Bertz CT molecular complexity index is 588. The molecule has 0 amide bonds. The van der Waals surface area contributed by atoms with Crippen LogP contribution in [0, 0.1) is 27.4 Å². The number of benzene rings is 1. The van der Waals surface area contributed by atoms with Gasteiger partial charge in [0.2, 0.25) is 0 Å². The molecule has 1 aromatic rings. The normalized spacial score (nSPS) is 20.4. The second-order valence-electron chi connectivity index (χ2n) is 4.63. The molecule has 1 aliphatic rings. The molecular formula is C13H13N3O4. The highest BCUT2D eigenvalue weighted by Crippen LogP contribution is 2.34. The zero-order valence-electron chi connectivity index (χ0n) is 10.8. The van der Waals surface area contributed by atoms with Crippen LogP contribution in [0.5, 0.6) is 0 Å². The van der Waals surface area contributed by atoms with Crippen LogP contribution in [-0.4, -0.2) is 24.0 Å². The van der Waals surface area contributed by atoms with Crippen LogP contribution in [0.1, 0.15) is 18.4 Å². The summed E-state index contributed by atoms with van der Waals surface area (Å²) >= 11 is 0. The number of nitro groups is 1. The monoisotopic (exact) mass is 275 g/mol. The lowest BCUT2D eigenvalue weighted by Crippen LogP contribution is -2.40. The third-order valence-corrected chi connectivity index (χ3v) is 3.36. The third kappa shape index (κ3) is 2.69. The smallest absolute Gasteiger partial charge is 0.308 e. The summed E-state index contributed by atoms with van der Waals surface area (Å²) in [4.78, 5) is 21.7. The van der Waals surface area contributed by atoms with Gasteiger partial charge in [0.05, 0.1) is 29.6 Å². The Labute approximate surface area is 115 Å². The second-order valence-corrected chi connectivity index (χ2v) is 4.63. The van der Waals surface area contributed by atoms with Gasteiger partial charge in [0.15, 0.2) is 0 Å². The molecule has 7 nitrogen and oxygen atoms in total. The van der Waals surface area contributed by atoms with E-state index in [-0.39, 0.29) is 29.2 Å². The Hall–Kier alpha value is -2.62. The molecule has 0 spiro atoms. The maximum atomic E-state index is 11.3. The van der Waals surface area contributed by atoms with Crippen molar-refractivity contribution in [2.24, 2.45) is 5.92 Å². The Morgan fingerprint density at radius 2 is 2.25 bits per heavy atom. The number of hydrogen-bond donors (Lipinski definition) is 1. The van der Waals surface area contributed by atoms with Gasteiger partial charge in [-0.3, -0.25) is 14.9 Å². The fourth-order valence-electron chi connectivity index (χ4n) is 2.19. The van der Waals surface area contributed by atoms with Crippen molar-refractivity contribution in [3.05, 3.63) is 33.9 Å². The molecule has 1 aliphatic carbocycles. The van der Waals surface area contributed by atoms with E-state index in [0.29, 0.717) is 18.5 Å². The van der Waals surface area contributed by atoms with Crippen molar-refractivity contribution in [1.29, 1.82) is 5.26 Å². The second kappa shape index (κ2) is 5.57. The highest BCUT2D eigenvalue weighted by molar-refractivity contribution is 5.74. The van der Waals surface area contributed by atoms with Crippen LogP contribution in [0.4, 0.5) is 11.4 Å². The predicted molar refractivity (Wildman–Crippen MR) is 70.0 cm³/mol. The zero-order chi connectivity index (χ0) is 14.7. The first-order valence-electron chi connectivity index (χ1n) is 6.08. The van der Waals surface area contributed by atoms with Gasteiger partial charge in [0.25, 0.3) is 5.69 Å². The summed E-state index contributed by atoms with van der Waals surface area (Å²) in [6, 6.07) is 6.14.